The molecule has 0 aliphatic heterocycles. The quantitative estimate of drug-likeness (QED) is 0.383. The highest BCUT2D eigenvalue weighted by Gasteiger charge is 2.44. The highest BCUT2D eigenvalue weighted by molar-refractivity contribution is 5.82. The summed E-state index contributed by atoms with van der Waals surface area (Å²) in [6, 6.07) is 6.76. The first-order valence-corrected chi connectivity index (χ1v) is 13.2. The maximum atomic E-state index is 12.3. The Morgan fingerprint density at radius 1 is 1.18 bits per heavy atom. The number of Topliss-reactive ketones (excluding diaryl/α,β-unsaturated/α-hetero) is 1. The van der Waals surface area contributed by atoms with E-state index >= 15 is 0 Å². The number of benzene rings is 1. The van der Waals surface area contributed by atoms with Crippen LogP contribution in [0.2, 0.25) is 0 Å². The van der Waals surface area contributed by atoms with E-state index in [1.165, 1.54) is 23.1 Å². The van der Waals surface area contributed by atoms with Crippen LogP contribution < -0.4 is 0 Å². The van der Waals surface area contributed by atoms with Crippen LogP contribution in [0.5, 0.6) is 0 Å². The summed E-state index contributed by atoms with van der Waals surface area (Å²) in [5.74, 6) is 3.73. The molecule has 1 fully saturated rings. The van der Waals surface area contributed by atoms with E-state index in [4.69, 9.17) is 5.11 Å². The summed E-state index contributed by atoms with van der Waals surface area (Å²) in [5.41, 5.74) is 4.38. The van der Waals surface area contributed by atoms with Gasteiger partial charge in [-0.15, -0.1) is 6.58 Å². The third kappa shape index (κ3) is 9.24. The maximum Gasteiger partial charge on any atom is 0.136 e. The van der Waals surface area contributed by atoms with Crippen molar-refractivity contribution in [2.45, 2.75) is 92.9 Å². The molecular formula is C31H50O2. The number of aliphatic hydroxyl groups is 1. The molecule has 0 aromatic heterocycles. The number of aliphatic hydroxyl groups excluding tert-OH is 1. The molecule has 2 bridgehead atoms. The van der Waals surface area contributed by atoms with E-state index in [0.29, 0.717) is 41.3 Å². The summed E-state index contributed by atoms with van der Waals surface area (Å²) in [7, 11) is 0. The zero-order valence-electron chi connectivity index (χ0n) is 22.4. The average Bonchev–Trinajstić information content (AvgIpc) is 3.36. The number of rotatable bonds is 9. The molecule has 0 radical (unpaired) electrons. The molecule has 5 unspecified atom stereocenters. The van der Waals surface area contributed by atoms with Gasteiger partial charge in [0.15, 0.2) is 0 Å². The summed E-state index contributed by atoms with van der Waals surface area (Å²) in [5, 5.41) is 8.85. The van der Waals surface area contributed by atoms with Crippen molar-refractivity contribution in [3.05, 3.63) is 59.7 Å². The summed E-state index contributed by atoms with van der Waals surface area (Å²) >= 11 is 0. The Bertz CT molecular complexity index is 745. The van der Waals surface area contributed by atoms with Gasteiger partial charge in [-0.05, 0) is 80.2 Å². The van der Waals surface area contributed by atoms with Crippen LogP contribution in [0.15, 0.2) is 43.0 Å². The van der Waals surface area contributed by atoms with E-state index in [1.54, 1.807) is 6.08 Å². The Kier molecular flexibility index (Phi) is 13.6. The molecule has 33 heavy (non-hydrogen) atoms. The smallest absolute Gasteiger partial charge is 0.136 e. The first-order chi connectivity index (χ1) is 15.7. The number of ketones is 1. The number of carbonyl (C=O) groups excluding carboxylic acids is 1. The van der Waals surface area contributed by atoms with Crippen LogP contribution in [0.4, 0.5) is 0 Å². The third-order valence-corrected chi connectivity index (χ3v) is 7.27. The van der Waals surface area contributed by atoms with E-state index < -0.39 is 0 Å². The van der Waals surface area contributed by atoms with Gasteiger partial charge in [0.25, 0.3) is 0 Å². The van der Waals surface area contributed by atoms with Crippen LogP contribution >= 0.6 is 0 Å². The Morgan fingerprint density at radius 2 is 1.82 bits per heavy atom. The van der Waals surface area contributed by atoms with Gasteiger partial charge in [-0.2, -0.15) is 0 Å². The number of fused-ring (bicyclic) bond motifs is 2. The molecule has 186 valence electrons. The molecule has 1 aromatic carbocycles. The third-order valence-electron chi connectivity index (χ3n) is 7.27. The molecule has 1 saturated carbocycles. The van der Waals surface area contributed by atoms with Crippen molar-refractivity contribution in [1.82, 2.24) is 0 Å². The fourth-order valence-corrected chi connectivity index (χ4v) is 5.33. The molecule has 1 N–H and O–H groups in total. The number of aryl methyl sites for hydroxylation is 2. The number of allylic oxidation sites excluding steroid dienone is 3. The molecule has 5 atom stereocenters. The zero-order chi connectivity index (χ0) is 25.0. The van der Waals surface area contributed by atoms with Crippen molar-refractivity contribution in [3.63, 3.8) is 0 Å². The summed E-state index contributed by atoms with van der Waals surface area (Å²) in [6.07, 6.45) is 12.3. The predicted octanol–water partition coefficient (Wildman–Crippen LogP) is 8.08. The highest BCUT2D eigenvalue weighted by Crippen LogP contribution is 2.48. The molecule has 0 spiro atoms. The van der Waals surface area contributed by atoms with Crippen molar-refractivity contribution >= 4 is 5.78 Å². The van der Waals surface area contributed by atoms with Crippen LogP contribution in [0.3, 0.4) is 0 Å². The molecule has 2 heteroatoms. The largest absolute Gasteiger partial charge is 0.396 e. The number of hydrogen-bond acceptors (Lipinski definition) is 2. The first kappa shape index (κ1) is 29.4. The Balaban J connectivity index is 0.000000314. The van der Waals surface area contributed by atoms with Gasteiger partial charge in [-0.3, -0.25) is 4.79 Å². The standard InChI is InChI=1S/C16H26O2.C12H18.C3H6/c1-11(8-9-17)4-3-5-15(18)16-12(2)13-6-7-14(16)10-13;1-5-11-7-6-10(4)8-12(11)9(2)3;1-3-2/h6-7,11-14,16-17H,3-5,8-10H2,1-2H3;6-9H,5H2,1-4H3;3H,1H2,2H3. The lowest BCUT2D eigenvalue weighted by Crippen LogP contribution is -2.25. The van der Waals surface area contributed by atoms with Gasteiger partial charge in [-0.1, -0.05) is 83.0 Å². The Hall–Kier alpha value is -1.67. The van der Waals surface area contributed by atoms with Gasteiger partial charge in [-0.25, -0.2) is 0 Å². The number of carbonyl (C=O) groups is 1. The van der Waals surface area contributed by atoms with Gasteiger partial charge >= 0.3 is 0 Å². The zero-order valence-corrected chi connectivity index (χ0v) is 22.4. The Labute approximate surface area is 204 Å². The molecule has 2 aliphatic carbocycles. The van der Waals surface area contributed by atoms with Crippen LogP contribution in [0.25, 0.3) is 0 Å². The molecule has 3 rings (SSSR count). The monoisotopic (exact) mass is 454 g/mol. The molecule has 0 amide bonds. The second-order valence-electron chi connectivity index (χ2n) is 10.4. The predicted molar refractivity (Wildman–Crippen MR) is 144 cm³/mol. The van der Waals surface area contributed by atoms with Crippen molar-refractivity contribution in [3.8, 4) is 0 Å². The first-order valence-electron chi connectivity index (χ1n) is 13.2. The SMILES string of the molecule is C=CC.CC(CCO)CCCC(=O)C1C2C=CC(C2)C1C.CCc1ccc(C)cc1C(C)C. The molecule has 0 saturated heterocycles. The summed E-state index contributed by atoms with van der Waals surface area (Å²) in [4.78, 5) is 12.3. The topological polar surface area (TPSA) is 37.3 Å². The molecule has 0 heterocycles. The van der Waals surface area contributed by atoms with E-state index in [9.17, 15) is 4.79 Å². The second-order valence-corrected chi connectivity index (χ2v) is 10.4. The van der Waals surface area contributed by atoms with Crippen LogP contribution in [0.1, 0.15) is 96.3 Å². The van der Waals surface area contributed by atoms with E-state index in [1.807, 2.05) is 6.92 Å². The molecular weight excluding hydrogens is 404 g/mol. The van der Waals surface area contributed by atoms with Crippen molar-refractivity contribution in [2.24, 2.45) is 29.6 Å². The van der Waals surface area contributed by atoms with Crippen molar-refractivity contribution < 1.29 is 9.90 Å². The normalized spacial score (nSPS) is 23.4. The van der Waals surface area contributed by atoms with Gasteiger partial charge in [0.2, 0.25) is 0 Å². The maximum absolute atomic E-state index is 12.3. The summed E-state index contributed by atoms with van der Waals surface area (Å²) in [6.45, 7) is 18.8. The molecule has 2 nitrogen and oxygen atoms in total. The lowest BCUT2D eigenvalue weighted by atomic mass is 9.80. The minimum Gasteiger partial charge on any atom is -0.396 e. The van der Waals surface area contributed by atoms with Gasteiger partial charge in [0, 0.05) is 18.9 Å². The number of hydrogen-bond donors (Lipinski definition) is 1. The fraction of sp³-hybridized carbons (Fsp3) is 0.645. The highest BCUT2D eigenvalue weighted by atomic mass is 16.3. The van der Waals surface area contributed by atoms with Crippen molar-refractivity contribution in [2.75, 3.05) is 6.61 Å². The van der Waals surface area contributed by atoms with Crippen LogP contribution in [0, 0.1) is 36.5 Å². The fourth-order valence-electron chi connectivity index (χ4n) is 5.33. The molecule has 1 aromatic rings. The van der Waals surface area contributed by atoms with Gasteiger partial charge in [0.05, 0.1) is 0 Å². The lowest BCUT2D eigenvalue weighted by molar-refractivity contribution is -0.125. The van der Waals surface area contributed by atoms with E-state index in [-0.39, 0.29) is 6.61 Å². The summed E-state index contributed by atoms with van der Waals surface area (Å²) < 4.78 is 0. The van der Waals surface area contributed by atoms with Crippen molar-refractivity contribution in [1.29, 1.82) is 0 Å². The average molecular weight is 455 g/mol. The van der Waals surface area contributed by atoms with E-state index in [0.717, 1.165) is 32.1 Å². The van der Waals surface area contributed by atoms with Gasteiger partial charge in [0.1, 0.15) is 5.78 Å². The minimum absolute atomic E-state index is 0.267. The minimum atomic E-state index is 0.267. The lowest BCUT2D eigenvalue weighted by Gasteiger charge is -2.23. The van der Waals surface area contributed by atoms with Gasteiger partial charge < -0.3 is 5.11 Å². The van der Waals surface area contributed by atoms with E-state index in [2.05, 4.69) is 78.5 Å². The van der Waals surface area contributed by atoms with Crippen LogP contribution in [-0.2, 0) is 11.2 Å². The Morgan fingerprint density at radius 3 is 2.33 bits per heavy atom. The second kappa shape index (κ2) is 15.3. The van der Waals surface area contributed by atoms with Crippen LogP contribution in [-0.4, -0.2) is 17.5 Å². The molecule has 2 aliphatic rings.